The molecule has 0 aromatic carbocycles. The van der Waals surface area contributed by atoms with Crippen LogP contribution in [-0.4, -0.2) is 24.0 Å². The molecule has 1 aliphatic heterocycles. The van der Waals surface area contributed by atoms with Crippen LogP contribution in [0.15, 0.2) is 0 Å². The molecule has 2 rings (SSSR count). The van der Waals surface area contributed by atoms with Crippen LogP contribution in [0.3, 0.4) is 0 Å². The van der Waals surface area contributed by atoms with Gasteiger partial charge in [-0.2, -0.15) is 0 Å². The minimum absolute atomic E-state index is 0.720. The predicted octanol–water partition coefficient (Wildman–Crippen LogP) is 4.32. The van der Waals surface area contributed by atoms with Crippen molar-refractivity contribution in [3.05, 3.63) is 0 Å². The van der Waals surface area contributed by atoms with Crippen LogP contribution in [0.25, 0.3) is 0 Å². The van der Waals surface area contributed by atoms with Gasteiger partial charge in [-0.05, 0) is 63.3 Å². The monoisotopic (exact) mass is 237 g/mol. The molecule has 100 valence electrons. The number of nitrogens with zero attached hydrogens (tertiary/aromatic N) is 1. The van der Waals surface area contributed by atoms with Crippen LogP contribution in [0.5, 0.6) is 0 Å². The molecule has 1 atom stereocenters. The van der Waals surface area contributed by atoms with Crippen LogP contribution in [0.1, 0.15) is 66.2 Å². The molecule has 17 heavy (non-hydrogen) atoms. The molecule has 0 aromatic rings. The first kappa shape index (κ1) is 13.4. The van der Waals surface area contributed by atoms with Crippen molar-refractivity contribution in [3.8, 4) is 0 Å². The van der Waals surface area contributed by atoms with E-state index < -0.39 is 0 Å². The van der Waals surface area contributed by atoms with Gasteiger partial charge in [-0.1, -0.05) is 26.7 Å². The van der Waals surface area contributed by atoms with Crippen molar-refractivity contribution in [2.45, 2.75) is 72.3 Å². The first-order chi connectivity index (χ1) is 8.03. The molecule has 2 fully saturated rings. The summed E-state index contributed by atoms with van der Waals surface area (Å²) in [4.78, 5) is 2.70. The van der Waals surface area contributed by atoms with Crippen LogP contribution in [0.4, 0.5) is 0 Å². The second-order valence-corrected chi connectivity index (χ2v) is 7.24. The molecule has 1 nitrogen and oxygen atoms in total. The first-order valence-electron chi connectivity index (χ1n) is 7.77. The van der Waals surface area contributed by atoms with Gasteiger partial charge in [0.15, 0.2) is 0 Å². The Labute approximate surface area is 108 Å². The summed E-state index contributed by atoms with van der Waals surface area (Å²) in [5.74, 6) is 1.87. The Kier molecular flexibility index (Phi) is 4.18. The number of likely N-dealkylation sites (tertiary alicyclic amines) is 1. The Hall–Kier alpha value is -0.0400. The lowest BCUT2D eigenvalue weighted by Gasteiger charge is -2.37. The van der Waals surface area contributed by atoms with E-state index in [1.807, 2.05) is 0 Å². The van der Waals surface area contributed by atoms with Gasteiger partial charge in [-0.3, -0.25) is 0 Å². The minimum atomic E-state index is 0.720. The molecule has 0 aromatic heterocycles. The summed E-state index contributed by atoms with van der Waals surface area (Å²) in [6.45, 7) is 12.3. The summed E-state index contributed by atoms with van der Waals surface area (Å²) < 4.78 is 0. The quantitative estimate of drug-likeness (QED) is 0.703. The standard InChI is InChI=1S/C16H31N/c1-13(2)11-16(8-5-6-9-16)15-7-10-17(12-15)14(3)4/h13-15H,5-12H2,1-4H3. The Bertz CT molecular complexity index is 238. The predicted molar refractivity (Wildman–Crippen MR) is 75.2 cm³/mol. The number of rotatable bonds is 4. The van der Waals surface area contributed by atoms with Crippen LogP contribution in [0.2, 0.25) is 0 Å². The van der Waals surface area contributed by atoms with E-state index in [1.165, 1.54) is 51.6 Å². The fourth-order valence-electron chi connectivity index (χ4n) is 4.43. The summed E-state index contributed by atoms with van der Waals surface area (Å²) in [6.07, 6.45) is 8.95. The summed E-state index contributed by atoms with van der Waals surface area (Å²) in [5, 5.41) is 0. The van der Waals surface area contributed by atoms with Crippen molar-refractivity contribution < 1.29 is 0 Å². The lowest BCUT2D eigenvalue weighted by atomic mass is 9.68. The fourth-order valence-corrected chi connectivity index (χ4v) is 4.43. The van der Waals surface area contributed by atoms with Crippen LogP contribution < -0.4 is 0 Å². The van der Waals surface area contributed by atoms with E-state index in [0.717, 1.165) is 23.3 Å². The van der Waals surface area contributed by atoms with Crippen molar-refractivity contribution in [2.24, 2.45) is 17.3 Å². The van der Waals surface area contributed by atoms with E-state index >= 15 is 0 Å². The average molecular weight is 237 g/mol. The highest BCUT2D eigenvalue weighted by molar-refractivity contribution is 4.95. The topological polar surface area (TPSA) is 3.24 Å². The number of hydrogen-bond donors (Lipinski definition) is 0. The summed E-state index contributed by atoms with van der Waals surface area (Å²) in [7, 11) is 0. The third kappa shape index (κ3) is 2.86. The molecule has 0 spiro atoms. The van der Waals surface area contributed by atoms with Gasteiger partial charge in [0.2, 0.25) is 0 Å². The lowest BCUT2D eigenvalue weighted by Crippen LogP contribution is -2.34. The smallest absolute Gasteiger partial charge is 0.00387 e. The van der Waals surface area contributed by atoms with Crippen molar-refractivity contribution in [2.75, 3.05) is 13.1 Å². The van der Waals surface area contributed by atoms with E-state index in [9.17, 15) is 0 Å². The zero-order valence-corrected chi connectivity index (χ0v) is 12.3. The van der Waals surface area contributed by atoms with Gasteiger partial charge in [0.25, 0.3) is 0 Å². The van der Waals surface area contributed by atoms with E-state index in [1.54, 1.807) is 0 Å². The summed E-state index contributed by atoms with van der Waals surface area (Å²) in [5.41, 5.74) is 0.720. The maximum Gasteiger partial charge on any atom is 0.00387 e. The second-order valence-electron chi connectivity index (χ2n) is 7.24. The van der Waals surface area contributed by atoms with E-state index in [-0.39, 0.29) is 0 Å². The van der Waals surface area contributed by atoms with Crippen molar-refractivity contribution in [1.29, 1.82) is 0 Å². The second kappa shape index (κ2) is 5.30. The molecule has 1 aliphatic carbocycles. The zero-order valence-electron chi connectivity index (χ0n) is 12.3. The van der Waals surface area contributed by atoms with Crippen LogP contribution in [-0.2, 0) is 0 Å². The van der Waals surface area contributed by atoms with Gasteiger partial charge < -0.3 is 4.90 Å². The first-order valence-corrected chi connectivity index (χ1v) is 7.77. The van der Waals surface area contributed by atoms with E-state index in [0.29, 0.717) is 0 Å². The Balaban J connectivity index is 2.02. The lowest BCUT2D eigenvalue weighted by molar-refractivity contribution is 0.125. The SMILES string of the molecule is CC(C)CC1(C2CCN(C(C)C)C2)CCCC1. The van der Waals surface area contributed by atoms with Gasteiger partial charge in [0.05, 0.1) is 0 Å². The number of hydrogen-bond acceptors (Lipinski definition) is 1. The molecule has 0 N–H and O–H groups in total. The summed E-state index contributed by atoms with van der Waals surface area (Å²) in [6, 6.07) is 0.748. The maximum atomic E-state index is 2.70. The molecule has 0 amide bonds. The Morgan fingerprint density at radius 1 is 1.12 bits per heavy atom. The van der Waals surface area contributed by atoms with Gasteiger partial charge in [0.1, 0.15) is 0 Å². The molecule has 1 heteroatoms. The molecule has 0 radical (unpaired) electrons. The molecular weight excluding hydrogens is 206 g/mol. The average Bonchev–Trinajstić information content (AvgIpc) is 2.83. The zero-order chi connectivity index (χ0) is 12.5. The highest BCUT2D eigenvalue weighted by Gasteiger charge is 2.44. The van der Waals surface area contributed by atoms with Crippen LogP contribution >= 0.6 is 0 Å². The fraction of sp³-hybridized carbons (Fsp3) is 1.00. The largest absolute Gasteiger partial charge is 0.301 e. The summed E-state index contributed by atoms with van der Waals surface area (Å²) >= 11 is 0. The highest BCUT2D eigenvalue weighted by Crippen LogP contribution is 2.51. The molecular formula is C16H31N. The van der Waals surface area contributed by atoms with Gasteiger partial charge in [-0.15, -0.1) is 0 Å². The third-order valence-electron chi connectivity index (χ3n) is 5.23. The van der Waals surface area contributed by atoms with Crippen molar-refractivity contribution in [1.82, 2.24) is 4.90 Å². The van der Waals surface area contributed by atoms with Crippen molar-refractivity contribution in [3.63, 3.8) is 0 Å². The molecule has 1 unspecified atom stereocenters. The Morgan fingerprint density at radius 3 is 2.24 bits per heavy atom. The molecule has 2 aliphatic rings. The van der Waals surface area contributed by atoms with Gasteiger partial charge in [-0.25, -0.2) is 0 Å². The van der Waals surface area contributed by atoms with E-state index in [2.05, 4.69) is 32.6 Å². The Morgan fingerprint density at radius 2 is 1.76 bits per heavy atom. The maximum absolute atomic E-state index is 2.70. The third-order valence-corrected chi connectivity index (χ3v) is 5.23. The molecule has 1 saturated heterocycles. The highest BCUT2D eigenvalue weighted by atomic mass is 15.2. The molecule has 1 saturated carbocycles. The van der Waals surface area contributed by atoms with E-state index in [4.69, 9.17) is 0 Å². The molecule has 0 bridgehead atoms. The van der Waals surface area contributed by atoms with Crippen LogP contribution in [0, 0.1) is 17.3 Å². The normalized spacial score (nSPS) is 29.6. The van der Waals surface area contributed by atoms with Gasteiger partial charge >= 0.3 is 0 Å². The van der Waals surface area contributed by atoms with Gasteiger partial charge in [0, 0.05) is 12.6 Å². The minimum Gasteiger partial charge on any atom is -0.301 e. The molecule has 1 heterocycles. The van der Waals surface area contributed by atoms with Crippen molar-refractivity contribution >= 4 is 0 Å².